The Kier molecular flexibility index (Phi) is 8.05. The minimum Gasteiger partial charge on any atom is -0.489 e. The third-order valence-corrected chi connectivity index (χ3v) is 4.58. The van der Waals surface area contributed by atoms with E-state index in [1.165, 1.54) is 7.11 Å². The number of oxime groups is 1. The van der Waals surface area contributed by atoms with Gasteiger partial charge in [0.15, 0.2) is 0 Å². The summed E-state index contributed by atoms with van der Waals surface area (Å²) in [5, 5.41) is 3.97. The van der Waals surface area contributed by atoms with E-state index < -0.39 is 0 Å². The summed E-state index contributed by atoms with van der Waals surface area (Å²) in [6, 6.07) is 25.3. The van der Waals surface area contributed by atoms with E-state index in [2.05, 4.69) is 5.16 Å². The summed E-state index contributed by atoms with van der Waals surface area (Å²) in [4.78, 5) is 15.8. The van der Waals surface area contributed by atoms with Gasteiger partial charge in [-0.2, -0.15) is 0 Å². The van der Waals surface area contributed by atoms with Crippen molar-refractivity contribution in [3.05, 3.63) is 101 Å². The van der Waals surface area contributed by atoms with Gasteiger partial charge in [-0.15, -0.1) is 0 Å². The zero-order valence-electron chi connectivity index (χ0n) is 17.5. The van der Waals surface area contributed by atoms with Crippen molar-refractivity contribution in [2.75, 3.05) is 7.11 Å². The molecule has 3 aromatic rings. The van der Waals surface area contributed by atoms with Gasteiger partial charge in [0, 0.05) is 12.0 Å². The van der Waals surface area contributed by atoms with Gasteiger partial charge < -0.3 is 20.0 Å². The number of aryl methyl sites for hydroxylation is 1. The van der Waals surface area contributed by atoms with Crippen LogP contribution in [-0.2, 0) is 34.0 Å². The molecule has 0 bridgehead atoms. The molecule has 0 aliphatic heterocycles. The molecule has 3 rings (SSSR count). The van der Waals surface area contributed by atoms with Crippen molar-refractivity contribution >= 4 is 11.8 Å². The van der Waals surface area contributed by atoms with Crippen LogP contribution in [0.2, 0.25) is 0 Å². The number of rotatable bonds is 10. The van der Waals surface area contributed by atoms with Crippen LogP contribution >= 0.6 is 0 Å². The Morgan fingerprint density at radius 3 is 2.06 bits per heavy atom. The molecule has 0 fully saturated rings. The third kappa shape index (κ3) is 7.19. The lowest BCUT2D eigenvalue weighted by molar-refractivity contribution is -0.117. The van der Waals surface area contributed by atoms with Gasteiger partial charge in [0.2, 0.25) is 5.91 Å². The standard InChI is InChI=1S/C25H26N2O4/c1-29-27-25(22-5-3-2-4-6-22)31-18-21-9-7-20(8-10-21)17-30-23-14-11-19(12-15-23)13-16-24(26)28/h2-12,14-15H,13,16-18H2,1H3,(H2,26,28)/b27-25-. The van der Waals surface area contributed by atoms with Crippen LogP contribution in [0.15, 0.2) is 84.0 Å². The number of benzene rings is 3. The van der Waals surface area contributed by atoms with Crippen LogP contribution in [0.25, 0.3) is 0 Å². The molecule has 31 heavy (non-hydrogen) atoms. The third-order valence-electron chi connectivity index (χ3n) is 4.58. The molecular weight excluding hydrogens is 392 g/mol. The van der Waals surface area contributed by atoms with Gasteiger partial charge in [-0.1, -0.05) is 54.6 Å². The van der Waals surface area contributed by atoms with E-state index in [-0.39, 0.29) is 5.91 Å². The maximum Gasteiger partial charge on any atom is 0.257 e. The number of hydrogen-bond donors (Lipinski definition) is 1. The van der Waals surface area contributed by atoms with E-state index in [0.717, 1.165) is 28.0 Å². The maximum absolute atomic E-state index is 10.9. The van der Waals surface area contributed by atoms with E-state index in [1.807, 2.05) is 78.9 Å². The fourth-order valence-electron chi connectivity index (χ4n) is 2.90. The average Bonchev–Trinajstić information content (AvgIpc) is 2.81. The number of nitrogens with two attached hydrogens (primary N) is 1. The monoisotopic (exact) mass is 418 g/mol. The first-order chi connectivity index (χ1) is 15.1. The highest BCUT2D eigenvalue weighted by Gasteiger charge is 2.06. The second-order valence-corrected chi connectivity index (χ2v) is 6.95. The van der Waals surface area contributed by atoms with Gasteiger partial charge in [-0.25, -0.2) is 0 Å². The number of hydrogen-bond acceptors (Lipinski definition) is 5. The lowest BCUT2D eigenvalue weighted by Gasteiger charge is -2.10. The van der Waals surface area contributed by atoms with Crippen LogP contribution < -0.4 is 10.5 Å². The molecule has 6 nitrogen and oxygen atoms in total. The molecular formula is C25H26N2O4. The van der Waals surface area contributed by atoms with E-state index in [1.54, 1.807) is 0 Å². The minimum atomic E-state index is -0.295. The van der Waals surface area contributed by atoms with Gasteiger partial charge in [0.25, 0.3) is 5.90 Å². The van der Waals surface area contributed by atoms with E-state index in [0.29, 0.717) is 32.0 Å². The summed E-state index contributed by atoms with van der Waals surface area (Å²) in [7, 11) is 1.50. The summed E-state index contributed by atoms with van der Waals surface area (Å²) in [6.07, 6.45) is 0.987. The zero-order chi connectivity index (χ0) is 21.9. The lowest BCUT2D eigenvalue weighted by atomic mass is 10.1. The van der Waals surface area contributed by atoms with Gasteiger partial charge >= 0.3 is 0 Å². The van der Waals surface area contributed by atoms with Crippen molar-refractivity contribution in [3.63, 3.8) is 0 Å². The van der Waals surface area contributed by atoms with Crippen LogP contribution in [-0.4, -0.2) is 18.9 Å². The molecule has 0 radical (unpaired) electrons. The fourth-order valence-corrected chi connectivity index (χ4v) is 2.90. The highest BCUT2D eigenvalue weighted by atomic mass is 16.6. The van der Waals surface area contributed by atoms with Crippen molar-refractivity contribution < 1.29 is 19.1 Å². The predicted octanol–water partition coefficient (Wildman–Crippen LogP) is 4.21. The van der Waals surface area contributed by atoms with Gasteiger partial charge in [0.1, 0.15) is 26.1 Å². The van der Waals surface area contributed by atoms with Crippen LogP contribution in [0.3, 0.4) is 0 Å². The topological polar surface area (TPSA) is 83.1 Å². The first-order valence-electron chi connectivity index (χ1n) is 10.0. The molecule has 6 heteroatoms. The molecule has 3 aromatic carbocycles. The molecule has 0 aliphatic rings. The molecule has 160 valence electrons. The van der Waals surface area contributed by atoms with Crippen LogP contribution in [0.4, 0.5) is 0 Å². The maximum atomic E-state index is 10.9. The average molecular weight is 418 g/mol. The van der Waals surface area contributed by atoms with Crippen molar-refractivity contribution in [1.29, 1.82) is 0 Å². The normalized spacial score (nSPS) is 11.1. The molecule has 0 heterocycles. The molecule has 0 saturated carbocycles. The Balaban J connectivity index is 1.50. The Hall–Kier alpha value is -3.80. The Labute approximate surface area is 182 Å². The Bertz CT molecular complexity index is 984. The molecule has 0 aliphatic carbocycles. The molecule has 1 amide bonds. The molecule has 0 spiro atoms. The number of primary amides is 1. The van der Waals surface area contributed by atoms with Crippen LogP contribution in [0.1, 0.15) is 28.7 Å². The van der Waals surface area contributed by atoms with Crippen molar-refractivity contribution in [2.24, 2.45) is 10.9 Å². The molecule has 0 unspecified atom stereocenters. The van der Waals surface area contributed by atoms with Gasteiger partial charge in [-0.3, -0.25) is 4.79 Å². The van der Waals surface area contributed by atoms with Crippen LogP contribution in [0, 0.1) is 0 Å². The minimum absolute atomic E-state index is 0.295. The predicted molar refractivity (Wildman–Crippen MR) is 120 cm³/mol. The zero-order valence-corrected chi connectivity index (χ0v) is 17.5. The number of carbonyl (C=O) groups is 1. The van der Waals surface area contributed by atoms with E-state index in [4.69, 9.17) is 20.0 Å². The molecule has 0 aromatic heterocycles. The quantitative estimate of drug-likeness (QED) is 0.304. The van der Waals surface area contributed by atoms with E-state index >= 15 is 0 Å². The summed E-state index contributed by atoms with van der Waals surface area (Å²) >= 11 is 0. The van der Waals surface area contributed by atoms with Crippen molar-refractivity contribution in [2.45, 2.75) is 26.1 Å². The van der Waals surface area contributed by atoms with Crippen molar-refractivity contribution in [1.82, 2.24) is 0 Å². The highest BCUT2D eigenvalue weighted by Crippen LogP contribution is 2.16. The second-order valence-electron chi connectivity index (χ2n) is 6.95. The lowest BCUT2D eigenvalue weighted by Crippen LogP contribution is -2.11. The SMILES string of the molecule is CO/N=C(\OCc1ccc(COc2ccc(CCC(N)=O)cc2)cc1)c1ccccc1. The number of nitrogens with zero attached hydrogens (tertiary/aromatic N) is 1. The van der Waals surface area contributed by atoms with Gasteiger partial charge in [0.05, 0.1) is 0 Å². The summed E-state index contributed by atoms with van der Waals surface area (Å²) in [6.45, 7) is 0.840. The number of amides is 1. The number of carbonyl (C=O) groups excluding carboxylic acids is 1. The van der Waals surface area contributed by atoms with Crippen LogP contribution in [0.5, 0.6) is 5.75 Å². The Morgan fingerprint density at radius 1 is 0.839 bits per heavy atom. The summed E-state index contributed by atoms with van der Waals surface area (Å²) in [5.74, 6) is 0.921. The molecule has 0 atom stereocenters. The second kappa shape index (κ2) is 11.4. The first kappa shape index (κ1) is 21.9. The molecule has 2 N–H and O–H groups in total. The number of ether oxygens (including phenoxy) is 2. The smallest absolute Gasteiger partial charge is 0.257 e. The fraction of sp³-hybridized carbons (Fsp3) is 0.200. The summed E-state index contributed by atoms with van der Waals surface area (Å²) in [5.41, 5.74) is 9.17. The summed E-state index contributed by atoms with van der Waals surface area (Å²) < 4.78 is 11.7. The Morgan fingerprint density at radius 2 is 1.45 bits per heavy atom. The first-order valence-corrected chi connectivity index (χ1v) is 10.0. The van der Waals surface area contributed by atoms with E-state index in [9.17, 15) is 4.79 Å². The van der Waals surface area contributed by atoms with Gasteiger partial charge in [-0.05, 0) is 52.5 Å². The molecule has 0 saturated heterocycles. The largest absolute Gasteiger partial charge is 0.489 e. The highest BCUT2D eigenvalue weighted by molar-refractivity contribution is 5.93. The van der Waals surface area contributed by atoms with Crippen molar-refractivity contribution in [3.8, 4) is 5.75 Å².